The van der Waals surface area contributed by atoms with Crippen LogP contribution in [0.3, 0.4) is 0 Å². The SMILES string of the molecule is O=Cc1cc(C=O)c2ccccc2c1Cl. The molecule has 2 nitrogen and oxygen atoms in total. The van der Waals surface area contributed by atoms with E-state index in [2.05, 4.69) is 0 Å². The molecule has 15 heavy (non-hydrogen) atoms. The molecule has 0 amide bonds. The summed E-state index contributed by atoms with van der Waals surface area (Å²) in [5.74, 6) is 0. The summed E-state index contributed by atoms with van der Waals surface area (Å²) in [5, 5.41) is 1.89. The number of fused-ring (bicyclic) bond motifs is 1. The molecular formula is C12H7ClO2. The van der Waals surface area contributed by atoms with E-state index in [0.29, 0.717) is 22.4 Å². The van der Waals surface area contributed by atoms with E-state index < -0.39 is 0 Å². The van der Waals surface area contributed by atoms with Crippen molar-refractivity contribution in [2.24, 2.45) is 0 Å². The maximum absolute atomic E-state index is 10.8. The van der Waals surface area contributed by atoms with Gasteiger partial charge in [-0.15, -0.1) is 0 Å². The van der Waals surface area contributed by atoms with Gasteiger partial charge in [0.25, 0.3) is 0 Å². The first kappa shape index (κ1) is 9.87. The molecule has 0 aliphatic carbocycles. The molecule has 2 rings (SSSR count). The van der Waals surface area contributed by atoms with Crippen LogP contribution in [0.25, 0.3) is 10.8 Å². The summed E-state index contributed by atoms with van der Waals surface area (Å²) in [4.78, 5) is 21.6. The van der Waals surface area contributed by atoms with Crippen molar-refractivity contribution in [1.29, 1.82) is 0 Å². The normalized spacial score (nSPS) is 10.2. The van der Waals surface area contributed by atoms with Gasteiger partial charge in [0.2, 0.25) is 0 Å². The summed E-state index contributed by atoms with van der Waals surface area (Å²) in [6, 6.07) is 8.74. The minimum Gasteiger partial charge on any atom is -0.298 e. The molecule has 74 valence electrons. The minimum absolute atomic E-state index is 0.345. The van der Waals surface area contributed by atoms with Crippen molar-refractivity contribution in [2.45, 2.75) is 0 Å². The fraction of sp³-hybridized carbons (Fsp3) is 0. The number of aldehydes is 2. The van der Waals surface area contributed by atoms with Crippen LogP contribution in [-0.2, 0) is 0 Å². The predicted molar refractivity (Wildman–Crippen MR) is 59.7 cm³/mol. The summed E-state index contributed by atoms with van der Waals surface area (Å²) in [6.07, 6.45) is 1.38. The van der Waals surface area contributed by atoms with E-state index in [1.165, 1.54) is 6.07 Å². The standard InChI is InChI=1S/C12H7ClO2/c13-12-9(7-15)5-8(6-14)10-3-1-2-4-11(10)12/h1-7H. The second-order valence-electron chi connectivity index (χ2n) is 3.15. The number of hydrogen-bond acceptors (Lipinski definition) is 2. The Bertz CT molecular complexity index is 547. The highest BCUT2D eigenvalue weighted by Crippen LogP contribution is 2.28. The maximum atomic E-state index is 10.8. The van der Waals surface area contributed by atoms with Gasteiger partial charge in [0.1, 0.15) is 0 Å². The van der Waals surface area contributed by atoms with Crippen molar-refractivity contribution >= 4 is 34.9 Å². The Morgan fingerprint density at radius 2 is 1.53 bits per heavy atom. The first-order valence-corrected chi connectivity index (χ1v) is 4.77. The molecule has 0 aliphatic rings. The van der Waals surface area contributed by atoms with Crippen LogP contribution in [0.15, 0.2) is 30.3 Å². The van der Waals surface area contributed by atoms with Crippen molar-refractivity contribution in [1.82, 2.24) is 0 Å². The summed E-state index contributed by atoms with van der Waals surface area (Å²) in [6.45, 7) is 0. The van der Waals surface area contributed by atoms with E-state index in [-0.39, 0.29) is 0 Å². The Morgan fingerprint density at radius 1 is 0.933 bits per heavy atom. The lowest BCUT2D eigenvalue weighted by Gasteiger charge is -2.05. The Hall–Kier alpha value is -1.67. The second-order valence-corrected chi connectivity index (χ2v) is 3.53. The van der Waals surface area contributed by atoms with Crippen LogP contribution in [0, 0.1) is 0 Å². The molecule has 3 heteroatoms. The van der Waals surface area contributed by atoms with Gasteiger partial charge in [0.05, 0.1) is 5.02 Å². The molecule has 0 unspecified atom stereocenters. The molecule has 0 fully saturated rings. The van der Waals surface area contributed by atoms with Crippen molar-refractivity contribution in [3.63, 3.8) is 0 Å². The first-order chi connectivity index (χ1) is 7.27. The van der Waals surface area contributed by atoms with Crippen LogP contribution in [0.5, 0.6) is 0 Å². The number of rotatable bonds is 2. The van der Waals surface area contributed by atoms with E-state index >= 15 is 0 Å². The molecule has 0 saturated heterocycles. The Labute approximate surface area is 91.5 Å². The second kappa shape index (κ2) is 3.83. The van der Waals surface area contributed by atoms with Crippen LogP contribution in [-0.4, -0.2) is 12.6 Å². The lowest BCUT2D eigenvalue weighted by molar-refractivity contribution is 0.112. The van der Waals surface area contributed by atoms with Crippen LogP contribution in [0.4, 0.5) is 0 Å². The number of hydrogen-bond donors (Lipinski definition) is 0. The molecule has 0 saturated carbocycles. The molecule has 0 aromatic heterocycles. The number of halogens is 1. The third-order valence-corrected chi connectivity index (χ3v) is 2.71. The topological polar surface area (TPSA) is 34.1 Å². The Morgan fingerprint density at radius 3 is 2.13 bits per heavy atom. The summed E-state index contributed by atoms with van der Waals surface area (Å²) in [5.41, 5.74) is 0.828. The molecule has 0 spiro atoms. The van der Waals surface area contributed by atoms with Crippen molar-refractivity contribution in [3.8, 4) is 0 Å². The number of carbonyl (C=O) groups excluding carboxylic acids is 2. The van der Waals surface area contributed by atoms with E-state index in [9.17, 15) is 9.59 Å². The highest BCUT2D eigenvalue weighted by molar-refractivity contribution is 6.38. The van der Waals surface area contributed by atoms with Gasteiger partial charge in [-0.1, -0.05) is 35.9 Å². The Balaban J connectivity index is 2.96. The zero-order chi connectivity index (χ0) is 10.8. The van der Waals surface area contributed by atoms with E-state index in [1.807, 2.05) is 12.1 Å². The van der Waals surface area contributed by atoms with Gasteiger partial charge in [-0.2, -0.15) is 0 Å². The number of carbonyl (C=O) groups is 2. The number of benzene rings is 2. The lowest BCUT2D eigenvalue weighted by atomic mass is 10.0. The van der Waals surface area contributed by atoms with Gasteiger partial charge in [0, 0.05) is 16.5 Å². The van der Waals surface area contributed by atoms with Gasteiger partial charge in [-0.05, 0) is 11.5 Å². The molecular weight excluding hydrogens is 212 g/mol. The monoisotopic (exact) mass is 218 g/mol. The molecule has 0 atom stereocenters. The highest BCUT2D eigenvalue weighted by atomic mass is 35.5. The molecule has 0 aliphatic heterocycles. The maximum Gasteiger partial charge on any atom is 0.151 e. The minimum atomic E-state index is 0.345. The third-order valence-electron chi connectivity index (χ3n) is 2.29. The fourth-order valence-electron chi connectivity index (χ4n) is 1.57. The van der Waals surface area contributed by atoms with Gasteiger partial charge in [-0.3, -0.25) is 9.59 Å². The lowest BCUT2D eigenvalue weighted by Crippen LogP contribution is -1.90. The average Bonchev–Trinajstić information content (AvgIpc) is 2.30. The fourth-order valence-corrected chi connectivity index (χ4v) is 1.84. The zero-order valence-electron chi connectivity index (χ0n) is 7.74. The zero-order valence-corrected chi connectivity index (χ0v) is 8.49. The van der Waals surface area contributed by atoms with E-state index in [4.69, 9.17) is 11.6 Å². The van der Waals surface area contributed by atoms with E-state index in [0.717, 1.165) is 17.1 Å². The quantitative estimate of drug-likeness (QED) is 0.726. The first-order valence-electron chi connectivity index (χ1n) is 4.39. The smallest absolute Gasteiger partial charge is 0.151 e. The predicted octanol–water partition coefficient (Wildman–Crippen LogP) is 3.12. The summed E-state index contributed by atoms with van der Waals surface area (Å²) < 4.78 is 0. The van der Waals surface area contributed by atoms with Crippen LogP contribution in [0.1, 0.15) is 20.7 Å². The molecule has 2 aromatic carbocycles. The van der Waals surface area contributed by atoms with Gasteiger partial charge in [0.15, 0.2) is 12.6 Å². The molecule has 0 bridgehead atoms. The van der Waals surface area contributed by atoms with Crippen molar-refractivity contribution in [3.05, 3.63) is 46.5 Å². The van der Waals surface area contributed by atoms with Crippen LogP contribution in [0.2, 0.25) is 5.02 Å². The molecule has 0 heterocycles. The van der Waals surface area contributed by atoms with Crippen molar-refractivity contribution in [2.75, 3.05) is 0 Å². The molecule has 0 radical (unpaired) electrons. The molecule has 0 N–H and O–H groups in total. The van der Waals surface area contributed by atoms with Gasteiger partial charge >= 0.3 is 0 Å². The Kier molecular flexibility index (Phi) is 2.52. The molecule has 2 aromatic rings. The highest BCUT2D eigenvalue weighted by Gasteiger charge is 2.08. The largest absolute Gasteiger partial charge is 0.298 e. The van der Waals surface area contributed by atoms with Gasteiger partial charge < -0.3 is 0 Å². The summed E-state index contributed by atoms with van der Waals surface area (Å²) in [7, 11) is 0. The van der Waals surface area contributed by atoms with E-state index in [1.54, 1.807) is 12.1 Å². The third kappa shape index (κ3) is 1.53. The van der Waals surface area contributed by atoms with Crippen LogP contribution >= 0.6 is 11.6 Å². The average molecular weight is 219 g/mol. The van der Waals surface area contributed by atoms with Crippen LogP contribution < -0.4 is 0 Å². The summed E-state index contributed by atoms with van der Waals surface area (Å²) >= 11 is 6.02. The van der Waals surface area contributed by atoms with Crippen molar-refractivity contribution < 1.29 is 9.59 Å². The van der Waals surface area contributed by atoms with Gasteiger partial charge in [-0.25, -0.2) is 0 Å².